The summed E-state index contributed by atoms with van der Waals surface area (Å²) in [4.78, 5) is 15.4. The number of hydrogen-bond donors (Lipinski definition) is 2. The Balaban J connectivity index is 0. The van der Waals surface area contributed by atoms with Gasteiger partial charge in [-0.3, -0.25) is 14.6 Å². The maximum absolute atomic E-state index is 11.1. The number of aliphatic carboxylic acids is 1. The lowest BCUT2D eigenvalue weighted by Crippen LogP contribution is -2.54. The predicted molar refractivity (Wildman–Crippen MR) is 95.5 cm³/mol. The molecular formula is C14H24Cl3N3O2. The normalized spacial score (nSPS) is 16.6. The van der Waals surface area contributed by atoms with Crippen molar-refractivity contribution in [2.24, 2.45) is 5.73 Å². The number of nitrogens with two attached hydrogens (primary N) is 1. The molecule has 1 aliphatic heterocycles. The quantitative estimate of drug-likeness (QED) is 0.819. The van der Waals surface area contributed by atoms with E-state index in [-0.39, 0.29) is 43.8 Å². The Bertz CT molecular complexity index is 415. The number of carboxylic acids is 1. The number of rotatable bonds is 5. The summed E-state index contributed by atoms with van der Waals surface area (Å²) in [6.07, 6.45) is 0. The monoisotopic (exact) mass is 371 g/mol. The smallest absolute Gasteiger partial charge is 0.322 e. The Kier molecular flexibility index (Phi) is 12.9. The molecule has 8 heteroatoms. The summed E-state index contributed by atoms with van der Waals surface area (Å²) in [6.45, 7) is 4.41. The van der Waals surface area contributed by atoms with Gasteiger partial charge in [0, 0.05) is 39.3 Å². The van der Waals surface area contributed by atoms with E-state index in [1.165, 1.54) is 5.56 Å². The van der Waals surface area contributed by atoms with Gasteiger partial charge in [-0.15, -0.1) is 37.2 Å². The number of carboxylic acid groups (broad SMARTS) is 1. The average molecular weight is 373 g/mol. The summed E-state index contributed by atoms with van der Waals surface area (Å²) < 4.78 is 0. The van der Waals surface area contributed by atoms with E-state index in [2.05, 4.69) is 17.0 Å². The third-order valence-electron chi connectivity index (χ3n) is 3.60. The zero-order chi connectivity index (χ0) is 13.7. The van der Waals surface area contributed by atoms with Gasteiger partial charge in [0.05, 0.1) is 0 Å². The number of carbonyl (C=O) groups is 1. The molecular weight excluding hydrogens is 349 g/mol. The summed E-state index contributed by atoms with van der Waals surface area (Å²) in [5.74, 6) is -0.820. The molecule has 1 aliphatic rings. The molecule has 0 unspecified atom stereocenters. The maximum Gasteiger partial charge on any atom is 0.322 e. The first-order valence-corrected chi connectivity index (χ1v) is 6.64. The van der Waals surface area contributed by atoms with E-state index in [4.69, 9.17) is 10.8 Å². The van der Waals surface area contributed by atoms with Crippen LogP contribution in [-0.4, -0.2) is 59.6 Å². The first kappa shape index (κ1) is 23.7. The van der Waals surface area contributed by atoms with Crippen molar-refractivity contribution in [2.45, 2.75) is 12.6 Å². The maximum atomic E-state index is 11.1. The van der Waals surface area contributed by atoms with Crippen molar-refractivity contribution in [1.82, 2.24) is 9.80 Å². The van der Waals surface area contributed by atoms with E-state index in [1.807, 2.05) is 23.1 Å². The van der Waals surface area contributed by atoms with Crippen LogP contribution in [0.5, 0.6) is 0 Å². The van der Waals surface area contributed by atoms with Crippen molar-refractivity contribution < 1.29 is 9.90 Å². The Morgan fingerprint density at radius 2 is 1.64 bits per heavy atom. The summed E-state index contributed by atoms with van der Waals surface area (Å²) >= 11 is 0. The lowest BCUT2D eigenvalue weighted by Gasteiger charge is -2.37. The second kappa shape index (κ2) is 11.9. The lowest BCUT2D eigenvalue weighted by atomic mass is 10.1. The molecule has 1 aromatic rings. The van der Waals surface area contributed by atoms with E-state index in [0.29, 0.717) is 0 Å². The SMILES string of the molecule is Cl.Cl.Cl.NC[C@@H](C(=O)O)N1CCN(Cc2ccccc2)CC1. The van der Waals surface area contributed by atoms with Crippen molar-refractivity contribution in [2.75, 3.05) is 32.7 Å². The van der Waals surface area contributed by atoms with Gasteiger partial charge >= 0.3 is 5.97 Å². The minimum atomic E-state index is -0.820. The molecule has 0 aliphatic carbocycles. The van der Waals surface area contributed by atoms with E-state index in [1.54, 1.807) is 0 Å². The summed E-state index contributed by atoms with van der Waals surface area (Å²) in [5.41, 5.74) is 6.82. The second-order valence-electron chi connectivity index (χ2n) is 4.89. The minimum Gasteiger partial charge on any atom is -0.480 e. The molecule has 1 saturated heterocycles. The van der Waals surface area contributed by atoms with Crippen LogP contribution in [0.3, 0.4) is 0 Å². The van der Waals surface area contributed by atoms with Crippen LogP contribution >= 0.6 is 37.2 Å². The summed E-state index contributed by atoms with van der Waals surface area (Å²) in [7, 11) is 0. The number of halogens is 3. The fraction of sp³-hybridized carbons (Fsp3) is 0.500. The molecule has 1 atom stereocenters. The molecule has 5 nitrogen and oxygen atoms in total. The van der Waals surface area contributed by atoms with Crippen molar-refractivity contribution in [3.8, 4) is 0 Å². The Morgan fingerprint density at radius 3 is 2.09 bits per heavy atom. The molecule has 3 N–H and O–H groups in total. The number of benzene rings is 1. The van der Waals surface area contributed by atoms with Crippen molar-refractivity contribution in [3.63, 3.8) is 0 Å². The van der Waals surface area contributed by atoms with Gasteiger partial charge in [-0.1, -0.05) is 30.3 Å². The van der Waals surface area contributed by atoms with Crippen molar-refractivity contribution in [1.29, 1.82) is 0 Å². The standard InChI is InChI=1S/C14H21N3O2.3ClH/c15-10-13(14(18)19)17-8-6-16(7-9-17)11-12-4-2-1-3-5-12;;;/h1-5,13H,6-11,15H2,(H,18,19);3*1H/t13-;;;/m0.../s1. The van der Waals surface area contributed by atoms with Crippen LogP contribution in [0.4, 0.5) is 0 Å². The van der Waals surface area contributed by atoms with Crippen LogP contribution in [0, 0.1) is 0 Å². The van der Waals surface area contributed by atoms with E-state index < -0.39 is 12.0 Å². The van der Waals surface area contributed by atoms with Gasteiger partial charge in [-0.05, 0) is 5.56 Å². The van der Waals surface area contributed by atoms with Gasteiger partial charge < -0.3 is 10.8 Å². The minimum absolute atomic E-state index is 0. The van der Waals surface area contributed by atoms with Gasteiger partial charge in [-0.2, -0.15) is 0 Å². The molecule has 0 amide bonds. The molecule has 1 heterocycles. The van der Waals surface area contributed by atoms with E-state index in [9.17, 15) is 4.79 Å². The first-order chi connectivity index (χ1) is 9.20. The van der Waals surface area contributed by atoms with Crippen LogP contribution in [0.25, 0.3) is 0 Å². The fourth-order valence-electron chi connectivity index (χ4n) is 2.48. The molecule has 0 bridgehead atoms. The summed E-state index contributed by atoms with van der Waals surface area (Å²) in [6, 6.07) is 9.79. The van der Waals surface area contributed by atoms with Gasteiger partial charge in [0.2, 0.25) is 0 Å². The van der Waals surface area contributed by atoms with Crippen molar-refractivity contribution in [3.05, 3.63) is 35.9 Å². The summed E-state index contributed by atoms with van der Waals surface area (Å²) in [5, 5.41) is 9.09. The third-order valence-corrected chi connectivity index (χ3v) is 3.60. The molecule has 1 fully saturated rings. The first-order valence-electron chi connectivity index (χ1n) is 6.64. The van der Waals surface area contributed by atoms with Gasteiger partial charge in [0.1, 0.15) is 6.04 Å². The zero-order valence-corrected chi connectivity index (χ0v) is 14.7. The van der Waals surface area contributed by atoms with Crippen molar-refractivity contribution >= 4 is 43.2 Å². The highest BCUT2D eigenvalue weighted by atomic mass is 35.5. The van der Waals surface area contributed by atoms with E-state index >= 15 is 0 Å². The Hall–Kier alpha value is -0.560. The molecule has 2 rings (SSSR count). The predicted octanol–water partition coefficient (Wildman–Crippen LogP) is 1.48. The van der Waals surface area contributed by atoms with E-state index in [0.717, 1.165) is 32.7 Å². The molecule has 0 radical (unpaired) electrons. The highest BCUT2D eigenvalue weighted by Crippen LogP contribution is 2.10. The number of piperazine rings is 1. The van der Waals surface area contributed by atoms with Crippen LogP contribution in [0.1, 0.15) is 5.56 Å². The Labute approximate surface area is 150 Å². The Morgan fingerprint density at radius 1 is 1.09 bits per heavy atom. The number of nitrogens with zero attached hydrogens (tertiary/aromatic N) is 2. The van der Waals surface area contributed by atoms with Crippen LogP contribution in [-0.2, 0) is 11.3 Å². The molecule has 0 aromatic heterocycles. The highest BCUT2D eigenvalue weighted by molar-refractivity contribution is 5.86. The average Bonchev–Trinajstić information content (AvgIpc) is 2.42. The van der Waals surface area contributed by atoms with Crippen LogP contribution in [0.2, 0.25) is 0 Å². The third kappa shape index (κ3) is 6.69. The fourth-order valence-corrected chi connectivity index (χ4v) is 2.48. The zero-order valence-electron chi connectivity index (χ0n) is 12.3. The molecule has 0 saturated carbocycles. The highest BCUT2D eigenvalue weighted by Gasteiger charge is 2.27. The molecule has 22 heavy (non-hydrogen) atoms. The van der Waals surface area contributed by atoms with Crippen LogP contribution < -0.4 is 5.73 Å². The molecule has 128 valence electrons. The van der Waals surface area contributed by atoms with Gasteiger partial charge in [-0.25, -0.2) is 0 Å². The topological polar surface area (TPSA) is 69.8 Å². The second-order valence-corrected chi connectivity index (χ2v) is 4.89. The number of hydrogen-bond acceptors (Lipinski definition) is 4. The largest absolute Gasteiger partial charge is 0.480 e. The molecule has 0 spiro atoms. The van der Waals surface area contributed by atoms with Crippen LogP contribution in [0.15, 0.2) is 30.3 Å². The lowest BCUT2D eigenvalue weighted by molar-refractivity contribution is -0.143. The molecule has 1 aromatic carbocycles. The van der Waals surface area contributed by atoms with Gasteiger partial charge in [0.25, 0.3) is 0 Å². The van der Waals surface area contributed by atoms with Gasteiger partial charge in [0.15, 0.2) is 0 Å².